The molecule has 1 aliphatic heterocycles. The minimum absolute atomic E-state index is 0.167. The predicted octanol–water partition coefficient (Wildman–Crippen LogP) is 4.40. The molecule has 2 aromatic carbocycles. The number of halogens is 2. The Bertz CT molecular complexity index is 1170. The summed E-state index contributed by atoms with van der Waals surface area (Å²) in [7, 11) is -3.57. The summed E-state index contributed by atoms with van der Waals surface area (Å²) in [6.07, 6.45) is 0. The Morgan fingerprint density at radius 2 is 1.57 bits per heavy atom. The van der Waals surface area contributed by atoms with Crippen molar-refractivity contribution >= 4 is 39.1 Å². The third-order valence-electron chi connectivity index (χ3n) is 4.94. The molecule has 30 heavy (non-hydrogen) atoms. The van der Waals surface area contributed by atoms with Gasteiger partial charge in [-0.1, -0.05) is 47.5 Å². The van der Waals surface area contributed by atoms with Gasteiger partial charge in [-0.2, -0.15) is 4.31 Å². The number of hydrogen-bond donors (Lipinski definition) is 0. The van der Waals surface area contributed by atoms with Crippen LogP contribution in [0.3, 0.4) is 0 Å². The molecule has 1 aliphatic rings. The first-order chi connectivity index (χ1) is 14.4. The number of nitrogens with zero attached hydrogens (tertiary/aromatic N) is 2. The molecule has 156 valence electrons. The molecule has 0 N–H and O–H groups in total. The van der Waals surface area contributed by atoms with Gasteiger partial charge in [-0.05, 0) is 36.4 Å². The van der Waals surface area contributed by atoms with Gasteiger partial charge in [0.1, 0.15) is 5.76 Å². The van der Waals surface area contributed by atoms with Crippen LogP contribution in [-0.2, 0) is 10.0 Å². The molecule has 1 fully saturated rings. The first kappa shape index (κ1) is 20.9. The van der Waals surface area contributed by atoms with Gasteiger partial charge in [-0.3, -0.25) is 4.79 Å². The molecule has 0 saturated carbocycles. The van der Waals surface area contributed by atoms with Gasteiger partial charge in [0.25, 0.3) is 5.91 Å². The monoisotopic (exact) mass is 464 g/mol. The van der Waals surface area contributed by atoms with Crippen molar-refractivity contribution in [2.75, 3.05) is 26.2 Å². The highest BCUT2D eigenvalue weighted by molar-refractivity contribution is 7.89. The standard InChI is InChI=1S/C21H18Cl2N2O4S/c22-17-8-4-7-16(20(17)23)18-9-10-19(29-18)21(26)24-11-13-25(14-12-24)30(27,28)15-5-2-1-3-6-15/h1-10H,11-14H2. The third kappa shape index (κ3) is 3.98. The van der Waals surface area contributed by atoms with Crippen LogP contribution in [0.4, 0.5) is 0 Å². The van der Waals surface area contributed by atoms with Crippen LogP contribution in [0.5, 0.6) is 0 Å². The van der Waals surface area contributed by atoms with E-state index >= 15 is 0 Å². The lowest BCUT2D eigenvalue weighted by Crippen LogP contribution is -2.50. The summed E-state index contributed by atoms with van der Waals surface area (Å²) in [4.78, 5) is 14.7. The Hall–Kier alpha value is -2.32. The van der Waals surface area contributed by atoms with Crippen molar-refractivity contribution in [2.24, 2.45) is 0 Å². The topological polar surface area (TPSA) is 70.8 Å². The van der Waals surface area contributed by atoms with Gasteiger partial charge in [0.15, 0.2) is 5.76 Å². The second-order valence-electron chi connectivity index (χ2n) is 6.77. The van der Waals surface area contributed by atoms with E-state index < -0.39 is 10.0 Å². The van der Waals surface area contributed by atoms with Crippen molar-refractivity contribution < 1.29 is 17.6 Å². The van der Waals surface area contributed by atoms with Gasteiger partial charge in [0.05, 0.1) is 14.9 Å². The quantitative estimate of drug-likeness (QED) is 0.573. The Balaban J connectivity index is 1.45. The molecule has 2 heterocycles. The fourth-order valence-corrected chi connectivity index (χ4v) is 5.16. The Morgan fingerprint density at radius 1 is 0.867 bits per heavy atom. The van der Waals surface area contributed by atoms with Crippen molar-refractivity contribution in [3.8, 4) is 11.3 Å². The zero-order valence-electron chi connectivity index (χ0n) is 15.8. The molecule has 1 amide bonds. The lowest BCUT2D eigenvalue weighted by Gasteiger charge is -2.33. The van der Waals surface area contributed by atoms with E-state index in [0.29, 0.717) is 21.4 Å². The fraction of sp³-hybridized carbons (Fsp3) is 0.190. The highest BCUT2D eigenvalue weighted by atomic mass is 35.5. The molecule has 9 heteroatoms. The van der Waals surface area contributed by atoms with E-state index in [0.717, 1.165) is 0 Å². The molecule has 0 atom stereocenters. The van der Waals surface area contributed by atoms with E-state index in [1.165, 1.54) is 4.31 Å². The maximum absolute atomic E-state index is 12.8. The van der Waals surface area contributed by atoms with Gasteiger partial charge in [0.2, 0.25) is 10.0 Å². The van der Waals surface area contributed by atoms with Gasteiger partial charge >= 0.3 is 0 Å². The van der Waals surface area contributed by atoms with Gasteiger partial charge in [-0.25, -0.2) is 8.42 Å². The van der Waals surface area contributed by atoms with E-state index in [1.807, 2.05) is 0 Å². The third-order valence-corrected chi connectivity index (χ3v) is 7.67. The lowest BCUT2D eigenvalue weighted by molar-refractivity contribution is 0.0667. The maximum atomic E-state index is 12.8. The number of hydrogen-bond acceptors (Lipinski definition) is 4. The summed E-state index contributed by atoms with van der Waals surface area (Å²) in [6, 6.07) is 16.7. The van der Waals surface area contributed by atoms with E-state index in [1.54, 1.807) is 65.6 Å². The van der Waals surface area contributed by atoms with Crippen molar-refractivity contribution in [3.05, 3.63) is 76.5 Å². The molecule has 0 unspecified atom stereocenters. The molecule has 0 aliphatic carbocycles. The molecule has 0 spiro atoms. The summed E-state index contributed by atoms with van der Waals surface area (Å²) in [5.41, 5.74) is 0.599. The summed E-state index contributed by atoms with van der Waals surface area (Å²) in [6.45, 7) is 0.991. The minimum atomic E-state index is -3.57. The summed E-state index contributed by atoms with van der Waals surface area (Å²) >= 11 is 12.3. The average molecular weight is 465 g/mol. The van der Waals surface area contributed by atoms with Crippen molar-refractivity contribution in [1.29, 1.82) is 0 Å². The van der Waals surface area contributed by atoms with Crippen LogP contribution in [0.1, 0.15) is 10.6 Å². The highest BCUT2D eigenvalue weighted by Crippen LogP contribution is 2.34. The average Bonchev–Trinajstić information content (AvgIpc) is 3.26. The highest BCUT2D eigenvalue weighted by Gasteiger charge is 2.31. The normalized spacial score (nSPS) is 15.3. The molecule has 4 rings (SSSR count). The van der Waals surface area contributed by atoms with Gasteiger partial charge < -0.3 is 9.32 Å². The molecule has 1 saturated heterocycles. The zero-order valence-corrected chi connectivity index (χ0v) is 18.1. The maximum Gasteiger partial charge on any atom is 0.289 e. The van der Waals surface area contributed by atoms with E-state index in [9.17, 15) is 13.2 Å². The molecule has 3 aromatic rings. The number of furan rings is 1. The lowest BCUT2D eigenvalue weighted by atomic mass is 10.2. The van der Waals surface area contributed by atoms with Crippen LogP contribution in [0, 0.1) is 0 Å². The van der Waals surface area contributed by atoms with Crippen molar-refractivity contribution in [1.82, 2.24) is 9.21 Å². The Labute approximate surface area is 184 Å². The number of piperazine rings is 1. The molecule has 1 aromatic heterocycles. The van der Waals surface area contributed by atoms with E-state index in [4.69, 9.17) is 27.6 Å². The minimum Gasteiger partial charge on any atom is -0.451 e. The number of amides is 1. The predicted molar refractivity (Wildman–Crippen MR) is 115 cm³/mol. The van der Waals surface area contributed by atoms with Crippen molar-refractivity contribution in [3.63, 3.8) is 0 Å². The van der Waals surface area contributed by atoms with Crippen LogP contribution >= 0.6 is 23.2 Å². The zero-order chi connectivity index (χ0) is 21.3. The summed E-state index contributed by atoms with van der Waals surface area (Å²) in [5, 5.41) is 0.751. The largest absolute Gasteiger partial charge is 0.451 e. The molecular weight excluding hydrogens is 447 g/mol. The number of sulfonamides is 1. The van der Waals surface area contributed by atoms with Crippen LogP contribution in [0.15, 0.2) is 70.0 Å². The van der Waals surface area contributed by atoms with Crippen LogP contribution < -0.4 is 0 Å². The second kappa shape index (κ2) is 8.43. The van der Waals surface area contributed by atoms with E-state index in [2.05, 4.69) is 0 Å². The van der Waals surface area contributed by atoms with Gasteiger partial charge in [0, 0.05) is 31.7 Å². The van der Waals surface area contributed by atoms with Crippen LogP contribution in [-0.4, -0.2) is 49.7 Å². The number of rotatable bonds is 4. The molecular formula is C21H18Cl2N2O4S. The molecule has 6 nitrogen and oxygen atoms in total. The van der Waals surface area contributed by atoms with Gasteiger partial charge in [-0.15, -0.1) is 0 Å². The van der Waals surface area contributed by atoms with E-state index in [-0.39, 0.29) is 42.7 Å². The van der Waals surface area contributed by atoms with Crippen molar-refractivity contribution in [2.45, 2.75) is 4.90 Å². The first-order valence-corrected chi connectivity index (χ1v) is 11.5. The Morgan fingerprint density at radius 3 is 2.27 bits per heavy atom. The fourth-order valence-electron chi connectivity index (χ4n) is 3.32. The number of carbonyl (C=O) groups is 1. The second-order valence-corrected chi connectivity index (χ2v) is 9.50. The van der Waals surface area contributed by atoms with Crippen LogP contribution in [0.2, 0.25) is 10.0 Å². The van der Waals surface area contributed by atoms with Crippen LogP contribution in [0.25, 0.3) is 11.3 Å². The number of benzene rings is 2. The Kier molecular flexibility index (Phi) is 5.88. The SMILES string of the molecule is O=C(c1ccc(-c2cccc(Cl)c2Cl)o1)N1CCN(S(=O)(=O)c2ccccc2)CC1. The summed E-state index contributed by atoms with van der Waals surface area (Å²) < 4.78 is 32.6. The smallest absolute Gasteiger partial charge is 0.289 e. The molecule has 0 bridgehead atoms. The molecule has 0 radical (unpaired) electrons. The number of carbonyl (C=O) groups excluding carboxylic acids is 1. The summed E-state index contributed by atoms with van der Waals surface area (Å²) in [5.74, 6) is 0.313. The first-order valence-electron chi connectivity index (χ1n) is 9.26.